The van der Waals surface area contributed by atoms with Crippen LogP contribution in [0.25, 0.3) is 5.57 Å². The fraction of sp³-hybridized carbons (Fsp3) is 0.318. The van der Waals surface area contributed by atoms with Crippen molar-refractivity contribution in [3.05, 3.63) is 70.8 Å². The van der Waals surface area contributed by atoms with Crippen LogP contribution in [0, 0.1) is 0 Å². The number of ether oxygens (including phenoxy) is 2. The van der Waals surface area contributed by atoms with Gasteiger partial charge in [-0.25, -0.2) is 4.79 Å². The van der Waals surface area contributed by atoms with E-state index in [1.165, 1.54) is 0 Å². The van der Waals surface area contributed by atoms with E-state index in [0.717, 1.165) is 67.3 Å². The smallest absolute Gasteiger partial charge is 0.335 e. The third kappa shape index (κ3) is 3.89. The second kappa shape index (κ2) is 7.94. The molecule has 2 aliphatic rings. The minimum absolute atomic E-state index is 0.274. The summed E-state index contributed by atoms with van der Waals surface area (Å²) < 4.78 is 11.4. The van der Waals surface area contributed by atoms with Crippen molar-refractivity contribution in [2.24, 2.45) is 0 Å². The number of hydrogen-bond donors (Lipinski definition) is 1. The molecule has 0 radical (unpaired) electrons. The molecule has 0 aromatic heterocycles. The molecule has 5 nitrogen and oxygen atoms in total. The number of carboxylic acid groups (broad SMARTS) is 1. The number of benzene rings is 2. The van der Waals surface area contributed by atoms with Crippen molar-refractivity contribution in [1.82, 2.24) is 4.90 Å². The molecule has 0 saturated carbocycles. The molecule has 0 spiro atoms. The molecule has 2 aliphatic heterocycles. The Kier molecular flexibility index (Phi) is 5.23. The van der Waals surface area contributed by atoms with Crippen molar-refractivity contribution in [1.29, 1.82) is 0 Å². The minimum atomic E-state index is -0.928. The first-order valence-corrected chi connectivity index (χ1v) is 9.31. The Balaban J connectivity index is 1.70. The summed E-state index contributed by atoms with van der Waals surface area (Å²) in [7, 11) is 0. The Morgan fingerprint density at radius 2 is 1.93 bits per heavy atom. The Morgan fingerprint density at radius 3 is 2.74 bits per heavy atom. The molecule has 2 heterocycles. The van der Waals surface area contributed by atoms with E-state index in [9.17, 15) is 9.90 Å². The molecule has 1 fully saturated rings. The number of fused-ring (bicyclic) bond motifs is 2. The van der Waals surface area contributed by atoms with E-state index in [0.29, 0.717) is 6.61 Å². The van der Waals surface area contributed by atoms with E-state index in [-0.39, 0.29) is 5.56 Å². The number of rotatable bonds is 4. The summed E-state index contributed by atoms with van der Waals surface area (Å²) in [6, 6.07) is 13.3. The van der Waals surface area contributed by atoms with E-state index >= 15 is 0 Å². The molecule has 27 heavy (non-hydrogen) atoms. The van der Waals surface area contributed by atoms with Crippen molar-refractivity contribution in [2.45, 2.75) is 13.0 Å². The van der Waals surface area contributed by atoms with E-state index < -0.39 is 5.97 Å². The SMILES string of the molecule is O=C(O)c1ccc2c(c1)/C(=C/CCN1CCOCC1)c1ccccc1CO2. The van der Waals surface area contributed by atoms with Crippen molar-refractivity contribution < 1.29 is 19.4 Å². The summed E-state index contributed by atoms with van der Waals surface area (Å²) in [5.74, 6) is -0.197. The maximum atomic E-state index is 11.5. The van der Waals surface area contributed by atoms with Crippen molar-refractivity contribution >= 4 is 11.5 Å². The van der Waals surface area contributed by atoms with Gasteiger partial charge in [-0.15, -0.1) is 0 Å². The summed E-state index contributed by atoms with van der Waals surface area (Å²) in [6.07, 6.45) is 3.11. The molecular formula is C22H23NO4. The number of carboxylic acids is 1. The highest BCUT2D eigenvalue weighted by molar-refractivity contribution is 5.92. The summed E-state index contributed by atoms with van der Waals surface area (Å²) >= 11 is 0. The second-order valence-corrected chi connectivity index (χ2v) is 6.82. The maximum Gasteiger partial charge on any atom is 0.335 e. The Morgan fingerprint density at radius 1 is 1.11 bits per heavy atom. The first-order valence-electron chi connectivity index (χ1n) is 9.31. The molecule has 4 rings (SSSR count). The average molecular weight is 365 g/mol. The third-order valence-electron chi connectivity index (χ3n) is 5.10. The van der Waals surface area contributed by atoms with Gasteiger partial charge in [0.1, 0.15) is 12.4 Å². The van der Waals surface area contributed by atoms with Crippen molar-refractivity contribution in [3.63, 3.8) is 0 Å². The number of aromatic carboxylic acids is 1. The molecule has 2 aromatic rings. The molecular weight excluding hydrogens is 342 g/mol. The molecule has 0 atom stereocenters. The monoisotopic (exact) mass is 365 g/mol. The van der Waals surface area contributed by atoms with Crippen LogP contribution in [0.5, 0.6) is 5.75 Å². The van der Waals surface area contributed by atoms with E-state index in [1.54, 1.807) is 18.2 Å². The van der Waals surface area contributed by atoms with Gasteiger partial charge < -0.3 is 14.6 Å². The number of morpholine rings is 1. The lowest BCUT2D eigenvalue weighted by atomic mass is 9.92. The highest BCUT2D eigenvalue weighted by atomic mass is 16.5. The van der Waals surface area contributed by atoms with E-state index in [1.807, 2.05) is 12.1 Å². The molecule has 0 aliphatic carbocycles. The van der Waals surface area contributed by atoms with Crippen LogP contribution < -0.4 is 4.74 Å². The lowest BCUT2D eigenvalue weighted by Gasteiger charge is -2.26. The number of nitrogens with zero attached hydrogens (tertiary/aromatic N) is 1. The molecule has 0 unspecified atom stereocenters. The van der Waals surface area contributed by atoms with Crippen LogP contribution in [0.2, 0.25) is 0 Å². The van der Waals surface area contributed by atoms with E-state index in [4.69, 9.17) is 9.47 Å². The van der Waals surface area contributed by atoms with Crippen molar-refractivity contribution in [2.75, 3.05) is 32.8 Å². The van der Waals surface area contributed by atoms with Crippen molar-refractivity contribution in [3.8, 4) is 5.75 Å². The highest BCUT2D eigenvalue weighted by Crippen LogP contribution is 2.37. The first kappa shape index (κ1) is 17.8. The summed E-state index contributed by atoms with van der Waals surface area (Å²) in [5.41, 5.74) is 4.40. The molecule has 1 N–H and O–H groups in total. The average Bonchev–Trinajstić information content (AvgIpc) is 2.86. The van der Waals surface area contributed by atoms with Crippen LogP contribution in [-0.4, -0.2) is 48.8 Å². The topological polar surface area (TPSA) is 59.0 Å². The summed E-state index contributed by atoms with van der Waals surface area (Å²) in [4.78, 5) is 13.9. The Bertz CT molecular complexity index is 868. The van der Waals surface area contributed by atoms with Gasteiger partial charge in [-0.3, -0.25) is 4.90 Å². The molecule has 5 heteroatoms. The van der Waals surface area contributed by atoms with Gasteiger partial charge in [-0.1, -0.05) is 30.3 Å². The second-order valence-electron chi connectivity index (χ2n) is 6.82. The summed E-state index contributed by atoms with van der Waals surface area (Å²) in [6.45, 7) is 4.95. The fourth-order valence-electron chi connectivity index (χ4n) is 3.65. The van der Waals surface area contributed by atoms with Gasteiger partial charge in [0.2, 0.25) is 0 Å². The Hall–Kier alpha value is -2.63. The van der Waals surface area contributed by atoms with Gasteiger partial charge in [0.15, 0.2) is 0 Å². The van der Waals surface area contributed by atoms with Crippen LogP contribution in [0.1, 0.15) is 33.5 Å². The number of hydrogen-bond acceptors (Lipinski definition) is 4. The molecule has 0 amide bonds. The summed E-state index contributed by atoms with van der Waals surface area (Å²) in [5, 5.41) is 9.41. The third-order valence-corrected chi connectivity index (χ3v) is 5.10. The van der Waals surface area contributed by atoms with Crippen LogP contribution >= 0.6 is 0 Å². The van der Waals surface area contributed by atoms with Gasteiger partial charge in [-0.2, -0.15) is 0 Å². The molecule has 2 aromatic carbocycles. The fourth-order valence-corrected chi connectivity index (χ4v) is 3.65. The van der Waals surface area contributed by atoms with Gasteiger partial charge in [-0.05, 0) is 41.3 Å². The van der Waals surface area contributed by atoms with Gasteiger partial charge in [0.05, 0.1) is 18.8 Å². The molecule has 0 bridgehead atoms. The zero-order valence-corrected chi connectivity index (χ0v) is 15.2. The van der Waals surface area contributed by atoms with Crippen LogP contribution in [0.15, 0.2) is 48.5 Å². The van der Waals surface area contributed by atoms with Crippen LogP contribution in [-0.2, 0) is 11.3 Å². The van der Waals surface area contributed by atoms with Gasteiger partial charge in [0.25, 0.3) is 0 Å². The molecule has 1 saturated heterocycles. The van der Waals surface area contributed by atoms with Gasteiger partial charge in [0, 0.05) is 25.2 Å². The van der Waals surface area contributed by atoms with Gasteiger partial charge >= 0.3 is 5.97 Å². The largest absolute Gasteiger partial charge is 0.488 e. The highest BCUT2D eigenvalue weighted by Gasteiger charge is 2.20. The van der Waals surface area contributed by atoms with Crippen LogP contribution in [0.4, 0.5) is 0 Å². The van der Waals surface area contributed by atoms with Crippen LogP contribution in [0.3, 0.4) is 0 Å². The predicted octanol–water partition coefficient (Wildman–Crippen LogP) is 3.43. The molecule has 140 valence electrons. The zero-order valence-electron chi connectivity index (χ0n) is 15.2. The minimum Gasteiger partial charge on any atom is -0.488 e. The predicted molar refractivity (Wildman–Crippen MR) is 103 cm³/mol. The Labute approximate surface area is 158 Å². The van der Waals surface area contributed by atoms with E-state index in [2.05, 4.69) is 23.1 Å². The normalized spacial score (nSPS) is 18.3. The quantitative estimate of drug-likeness (QED) is 0.900. The standard InChI is InChI=1S/C22H23NO4/c24-22(25)16-7-8-21-20(14-16)19(6-3-9-23-10-12-26-13-11-23)18-5-2-1-4-17(18)15-27-21/h1-2,4-8,14H,3,9-13,15H2,(H,24,25)/b19-6+. The lowest BCUT2D eigenvalue weighted by molar-refractivity contribution is 0.0387. The zero-order chi connectivity index (χ0) is 18.6. The first-order chi connectivity index (χ1) is 13.2. The maximum absolute atomic E-state index is 11.5. The lowest BCUT2D eigenvalue weighted by Crippen LogP contribution is -2.36. The number of carbonyl (C=O) groups is 1.